The zero-order chi connectivity index (χ0) is 16.7. The summed E-state index contributed by atoms with van der Waals surface area (Å²) in [4.78, 5) is 44.0. The molecule has 1 radical (unpaired) electrons. The maximum atomic E-state index is 12.4. The van der Waals surface area contributed by atoms with E-state index >= 15 is 0 Å². The maximum Gasteiger partial charge on any atom is 0.260 e. The Labute approximate surface area is 132 Å². The molecule has 0 bridgehead atoms. The minimum Gasteiger partial charge on any atom is -0.306 e. The van der Waals surface area contributed by atoms with E-state index in [4.69, 9.17) is 0 Å². The summed E-state index contributed by atoms with van der Waals surface area (Å²) in [5.74, 6) is -0.650. The van der Waals surface area contributed by atoms with E-state index in [9.17, 15) is 14.4 Å². The molecule has 0 aliphatic rings. The summed E-state index contributed by atoms with van der Waals surface area (Å²) in [7, 11) is 0. The summed E-state index contributed by atoms with van der Waals surface area (Å²) in [6, 6.07) is 8.11. The van der Waals surface area contributed by atoms with Crippen LogP contribution in [0.3, 0.4) is 0 Å². The smallest absolute Gasteiger partial charge is 0.260 e. The van der Waals surface area contributed by atoms with Gasteiger partial charge in [-0.15, -0.1) is 0 Å². The van der Waals surface area contributed by atoms with Gasteiger partial charge in [-0.2, -0.15) is 0 Å². The number of carbonyl (C=O) groups is 2. The van der Waals surface area contributed by atoms with Crippen LogP contribution in [0.2, 0.25) is 0 Å². The number of anilines is 2. The second-order valence-electron chi connectivity index (χ2n) is 4.32. The van der Waals surface area contributed by atoms with E-state index in [2.05, 4.69) is 21.9 Å². The Morgan fingerprint density at radius 3 is 2.65 bits per heavy atom. The molecule has 0 fully saturated rings. The fraction of sp³-hybridized carbons (Fsp3) is 0.0625. The summed E-state index contributed by atoms with van der Waals surface area (Å²) < 4.78 is 0. The van der Waals surface area contributed by atoms with E-state index in [1.54, 1.807) is 30.6 Å². The van der Waals surface area contributed by atoms with Crippen LogP contribution in [0.15, 0.2) is 55.4 Å². The van der Waals surface area contributed by atoms with E-state index in [1.165, 1.54) is 18.5 Å². The van der Waals surface area contributed by atoms with Crippen molar-refractivity contribution in [3.63, 3.8) is 0 Å². The molecule has 7 nitrogen and oxygen atoms in total. The molecule has 1 N–H and O–H groups in total. The number of amides is 2. The molecule has 0 spiro atoms. The Hall–Kier alpha value is -3.35. The molecule has 7 heteroatoms. The van der Waals surface area contributed by atoms with Crippen LogP contribution < -0.4 is 10.2 Å². The van der Waals surface area contributed by atoms with Gasteiger partial charge in [0.1, 0.15) is 11.6 Å². The van der Waals surface area contributed by atoms with E-state index in [0.717, 1.165) is 11.0 Å². The fourth-order valence-corrected chi connectivity index (χ4v) is 1.84. The second kappa shape index (κ2) is 7.60. The van der Waals surface area contributed by atoms with Gasteiger partial charge in [0.25, 0.3) is 11.8 Å². The average molecular weight is 309 g/mol. The Morgan fingerprint density at radius 2 is 2.00 bits per heavy atom. The van der Waals surface area contributed by atoms with E-state index in [0.29, 0.717) is 5.82 Å². The van der Waals surface area contributed by atoms with Crippen molar-refractivity contribution in [2.45, 2.75) is 0 Å². The van der Waals surface area contributed by atoms with Crippen molar-refractivity contribution < 1.29 is 14.4 Å². The Morgan fingerprint density at radius 1 is 1.22 bits per heavy atom. The van der Waals surface area contributed by atoms with Gasteiger partial charge in [0, 0.05) is 12.4 Å². The van der Waals surface area contributed by atoms with Crippen LogP contribution in [0.4, 0.5) is 11.6 Å². The molecular weight excluding hydrogens is 296 g/mol. The SMILES string of the molecule is C=CC(=O)N(C[C]=O)c1ncccc1C(=O)Nc1ccccn1. The van der Waals surface area contributed by atoms with Gasteiger partial charge < -0.3 is 5.32 Å². The van der Waals surface area contributed by atoms with Gasteiger partial charge >= 0.3 is 0 Å². The van der Waals surface area contributed by atoms with Gasteiger partial charge in [-0.3, -0.25) is 19.3 Å². The molecule has 0 atom stereocenters. The Balaban J connectivity index is 2.35. The van der Waals surface area contributed by atoms with Crippen LogP contribution in [0.1, 0.15) is 10.4 Å². The van der Waals surface area contributed by atoms with Gasteiger partial charge in [-0.05, 0) is 30.3 Å². The topological polar surface area (TPSA) is 92.3 Å². The molecule has 2 heterocycles. The highest BCUT2D eigenvalue weighted by molar-refractivity contribution is 6.11. The molecule has 2 aromatic rings. The molecule has 2 amide bonds. The zero-order valence-electron chi connectivity index (χ0n) is 12.1. The number of carbonyl (C=O) groups excluding carboxylic acids is 3. The molecule has 0 aliphatic heterocycles. The van der Waals surface area contributed by atoms with Crippen LogP contribution in [0.25, 0.3) is 0 Å². The highest BCUT2D eigenvalue weighted by Gasteiger charge is 2.21. The van der Waals surface area contributed by atoms with Gasteiger partial charge in [0.05, 0.1) is 12.1 Å². The van der Waals surface area contributed by atoms with E-state index < -0.39 is 11.8 Å². The number of rotatable bonds is 6. The first-order valence-corrected chi connectivity index (χ1v) is 6.63. The first-order chi connectivity index (χ1) is 11.2. The van der Waals surface area contributed by atoms with Crippen molar-refractivity contribution in [1.82, 2.24) is 9.97 Å². The molecule has 23 heavy (non-hydrogen) atoms. The minimum absolute atomic E-state index is 0.0502. The second-order valence-corrected chi connectivity index (χ2v) is 4.32. The molecule has 0 aromatic carbocycles. The van der Waals surface area contributed by atoms with Gasteiger partial charge in [0.15, 0.2) is 0 Å². The highest BCUT2D eigenvalue weighted by atomic mass is 16.2. The van der Waals surface area contributed by atoms with Crippen molar-refractivity contribution in [3.8, 4) is 0 Å². The summed E-state index contributed by atoms with van der Waals surface area (Å²) in [6.07, 6.45) is 5.61. The van der Waals surface area contributed by atoms with Gasteiger partial charge in [-0.25, -0.2) is 9.97 Å². The number of hydrogen-bond acceptors (Lipinski definition) is 5. The number of hydrogen-bond donors (Lipinski definition) is 1. The normalized spacial score (nSPS) is 9.74. The quantitative estimate of drug-likeness (QED) is 0.813. The first kappa shape index (κ1) is 16.0. The largest absolute Gasteiger partial charge is 0.306 e. The lowest BCUT2D eigenvalue weighted by atomic mass is 10.2. The van der Waals surface area contributed by atoms with Crippen molar-refractivity contribution in [2.75, 3.05) is 16.8 Å². The number of nitrogens with zero attached hydrogens (tertiary/aromatic N) is 3. The number of pyridine rings is 2. The molecule has 0 saturated heterocycles. The van der Waals surface area contributed by atoms with E-state index in [1.807, 2.05) is 0 Å². The van der Waals surface area contributed by atoms with E-state index in [-0.39, 0.29) is 17.9 Å². The van der Waals surface area contributed by atoms with Crippen molar-refractivity contribution in [1.29, 1.82) is 0 Å². The molecule has 0 unspecified atom stereocenters. The number of aromatic nitrogens is 2. The fourth-order valence-electron chi connectivity index (χ4n) is 1.84. The average Bonchev–Trinajstić information content (AvgIpc) is 2.60. The molecule has 2 rings (SSSR count). The van der Waals surface area contributed by atoms with Crippen LogP contribution >= 0.6 is 0 Å². The zero-order valence-corrected chi connectivity index (χ0v) is 12.1. The van der Waals surface area contributed by atoms with Crippen LogP contribution in [0.5, 0.6) is 0 Å². The minimum atomic E-state index is -0.557. The Kier molecular flexibility index (Phi) is 5.30. The summed E-state index contributed by atoms with van der Waals surface area (Å²) in [5.41, 5.74) is 0.128. The third-order valence-corrected chi connectivity index (χ3v) is 2.86. The van der Waals surface area contributed by atoms with Crippen molar-refractivity contribution in [2.24, 2.45) is 0 Å². The molecule has 2 aromatic heterocycles. The lowest BCUT2D eigenvalue weighted by Gasteiger charge is -2.19. The predicted molar refractivity (Wildman–Crippen MR) is 84.7 cm³/mol. The Bertz CT molecular complexity index is 731. The molecular formula is C16H13N4O3. The monoisotopic (exact) mass is 309 g/mol. The summed E-state index contributed by atoms with van der Waals surface area (Å²) in [5, 5.41) is 2.60. The van der Waals surface area contributed by atoms with Gasteiger partial charge in [-0.1, -0.05) is 12.6 Å². The lowest BCUT2D eigenvalue weighted by molar-refractivity contribution is -0.114. The van der Waals surface area contributed by atoms with Crippen molar-refractivity contribution in [3.05, 3.63) is 60.9 Å². The van der Waals surface area contributed by atoms with Crippen molar-refractivity contribution >= 4 is 29.7 Å². The first-order valence-electron chi connectivity index (χ1n) is 6.63. The third-order valence-electron chi connectivity index (χ3n) is 2.86. The number of nitrogens with one attached hydrogen (secondary N) is 1. The van der Waals surface area contributed by atoms with Crippen LogP contribution in [0, 0.1) is 0 Å². The summed E-state index contributed by atoms with van der Waals surface area (Å²) in [6.45, 7) is 3.02. The molecule has 0 saturated carbocycles. The van der Waals surface area contributed by atoms with Crippen LogP contribution in [-0.4, -0.2) is 34.6 Å². The molecule has 0 aliphatic carbocycles. The lowest BCUT2D eigenvalue weighted by Crippen LogP contribution is -2.33. The highest BCUT2D eigenvalue weighted by Crippen LogP contribution is 2.18. The summed E-state index contributed by atoms with van der Waals surface area (Å²) >= 11 is 0. The predicted octanol–water partition coefficient (Wildman–Crippen LogP) is 1.36. The van der Waals surface area contributed by atoms with Crippen LogP contribution in [-0.2, 0) is 9.59 Å². The maximum absolute atomic E-state index is 12.4. The van der Waals surface area contributed by atoms with Gasteiger partial charge in [0.2, 0.25) is 6.29 Å². The standard InChI is InChI=1S/C16H13N4O3/c1-2-14(22)20(10-11-21)15-12(6-5-9-18-15)16(23)19-13-7-3-4-8-17-13/h2-9H,1,10H2,(H,17,19,23). The molecule has 115 valence electrons. The third kappa shape index (κ3) is 3.85.